The van der Waals surface area contributed by atoms with Crippen LogP contribution in [0, 0.1) is 5.92 Å². The summed E-state index contributed by atoms with van der Waals surface area (Å²) in [7, 11) is 0. The fourth-order valence-electron chi connectivity index (χ4n) is 3.23. The average molecular weight is 370 g/mol. The number of rotatable bonds is 1. The Kier molecular flexibility index (Phi) is 4.57. The molecule has 1 aromatic rings. The van der Waals surface area contributed by atoms with Crippen LogP contribution in [0.5, 0.6) is 0 Å². The van der Waals surface area contributed by atoms with E-state index in [4.69, 9.17) is 15.5 Å². The van der Waals surface area contributed by atoms with E-state index in [9.17, 15) is 9.90 Å². The van der Waals surface area contributed by atoms with Gasteiger partial charge in [-0.1, -0.05) is 11.8 Å². The monoisotopic (exact) mass is 369 g/mol. The van der Waals surface area contributed by atoms with Gasteiger partial charge < -0.3 is 15.6 Å². The van der Waals surface area contributed by atoms with Gasteiger partial charge in [0, 0.05) is 46.2 Å². The van der Waals surface area contributed by atoms with Gasteiger partial charge in [-0.25, -0.2) is 9.79 Å². The first kappa shape index (κ1) is 17.6. The van der Waals surface area contributed by atoms with Crippen molar-refractivity contribution in [3.05, 3.63) is 16.3 Å². The largest absolute Gasteiger partial charge is 0.465 e. The molecule has 1 amide bonds. The maximum atomic E-state index is 11.8. The third kappa shape index (κ3) is 3.02. The fourth-order valence-corrected chi connectivity index (χ4v) is 5.72. The number of ether oxygens (including phenoxy) is 1. The number of nitrogens with two attached hydrogens (primary N) is 1. The van der Waals surface area contributed by atoms with Gasteiger partial charge in [-0.3, -0.25) is 4.90 Å². The van der Waals surface area contributed by atoms with Crippen molar-refractivity contribution in [3.63, 3.8) is 0 Å². The van der Waals surface area contributed by atoms with E-state index in [0.717, 1.165) is 22.7 Å². The lowest BCUT2D eigenvalue weighted by atomic mass is 9.80. The SMILES string of the molecule is CC(C)(C)N(C(=O)O)C1=N[C@@]2(c3cc(N)cs3)CCOC[C@H]2CS1. The Labute approximate surface area is 150 Å². The standard InChI is InChI=1S/C16H23N3O3S2/c1-15(2,3)19(14(20)21)13-18-16(12-6-11(17)9-23-12)4-5-22-7-10(16)8-24-13/h6,9-10H,4-5,7-8,17H2,1-3H3,(H,20,21)/t10-,16-/m0/s1. The maximum Gasteiger partial charge on any atom is 0.413 e. The molecule has 0 spiro atoms. The topological polar surface area (TPSA) is 88.2 Å². The molecule has 6 nitrogen and oxygen atoms in total. The molecular weight excluding hydrogens is 346 g/mol. The van der Waals surface area contributed by atoms with Gasteiger partial charge in [-0.05, 0) is 26.8 Å². The lowest BCUT2D eigenvalue weighted by Crippen LogP contribution is -2.53. The van der Waals surface area contributed by atoms with Gasteiger partial charge in [0.25, 0.3) is 0 Å². The second kappa shape index (κ2) is 6.24. The molecule has 24 heavy (non-hydrogen) atoms. The molecule has 3 N–H and O–H groups in total. The van der Waals surface area contributed by atoms with Gasteiger partial charge in [-0.15, -0.1) is 11.3 Å². The van der Waals surface area contributed by atoms with Crippen LogP contribution in [-0.2, 0) is 10.3 Å². The molecule has 1 fully saturated rings. The average Bonchev–Trinajstić information content (AvgIpc) is 2.92. The number of nitrogen functional groups attached to an aromatic ring is 1. The summed E-state index contributed by atoms with van der Waals surface area (Å²) in [5.41, 5.74) is 5.69. The van der Waals surface area contributed by atoms with Gasteiger partial charge in [0.15, 0.2) is 5.17 Å². The first-order valence-corrected chi connectivity index (χ1v) is 9.78. The van der Waals surface area contributed by atoms with E-state index in [0.29, 0.717) is 18.4 Å². The van der Waals surface area contributed by atoms with Crippen LogP contribution in [0.25, 0.3) is 0 Å². The molecule has 2 aliphatic rings. The number of aliphatic imine (C=N–C) groups is 1. The van der Waals surface area contributed by atoms with Crippen molar-refractivity contribution in [3.8, 4) is 0 Å². The lowest BCUT2D eigenvalue weighted by Gasteiger charge is -2.45. The summed E-state index contributed by atoms with van der Waals surface area (Å²) in [6.45, 7) is 6.92. The molecular formula is C16H23N3O3S2. The van der Waals surface area contributed by atoms with Crippen LogP contribution >= 0.6 is 23.1 Å². The third-order valence-corrected chi connectivity index (χ3v) is 6.65. The number of amidine groups is 1. The quantitative estimate of drug-likeness (QED) is 0.791. The number of carboxylic acid groups (broad SMARTS) is 1. The van der Waals surface area contributed by atoms with Crippen LogP contribution in [0.2, 0.25) is 0 Å². The molecule has 3 rings (SSSR count). The molecule has 3 heterocycles. The Bertz CT molecular complexity index is 668. The number of nitrogens with zero attached hydrogens (tertiary/aromatic N) is 2. The molecule has 0 bridgehead atoms. The first-order chi connectivity index (χ1) is 11.2. The van der Waals surface area contributed by atoms with Crippen molar-refractivity contribution in [2.45, 2.75) is 38.3 Å². The summed E-state index contributed by atoms with van der Waals surface area (Å²) in [5, 5.41) is 12.2. The smallest absolute Gasteiger partial charge is 0.413 e. The Balaban J connectivity index is 2.09. The van der Waals surface area contributed by atoms with Crippen molar-refractivity contribution in [2.75, 3.05) is 24.7 Å². The summed E-state index contributed by atoms with van der Waals surface area (Å²) >= 11 is 3.10. The van der Waals surface area contributed by atoms with Crippen LogP contribution in [0.1, 0.15) is 32.1 Å². The van der Waals surface area contributed by atoms with E-state index < -0.39 is 17.2 Å². The van der Waals surface area contributed by atoms with Crippen LogP contribution in [0.15, 0.2) is 16.4 Å². The number of thioether (sulfide) groups is 1. The van der Waals surface area contributed by atoms with E-state index in [2.05, 4.69) is 0 Å². The fraction of sp³-hybridized carbons (Fsp3) is 0.625. The number of anilines is 1. The Hall–Kier alpha value is -1.25. The molecule has 0 aliphatic carbocycles. The first-order valence-electron chi connectivity index (χ1n) is 7.92. The van der Waals surface area contributed by atoms with Crippen LogP contribution in [0.3, 0.4) is 0 Å². The van der Waals surface area contributed by atoms with Gasteiger partial charge in [0.05, 0.1) is 6.61 Å². The van der Waals surface area contributed by atoms with Crippen LogP contribution in [-0.4, -0.2) is 45.8 Å². The summed E-state index contributed by atoms with van der Waals surface area (Å²) in [6, 6.07) is 1.97. The van der Waals surface area contributed by atoms with Gasteiger partial charge in [0.1, 0.15) is 5.54 Å². The van der Waals surface area contributed by atoms with Crippen molar-refractivity contribution < 1.29 is 14.6 Å². The van der Waals surface area contributed by atoms with E-state index in [1.54, 1.807) is 11.3 Å². The molecule has 1 saturated heterocycles. The van der Waals surface area contributed by atoms with Crippen molar-refractivity contribution in [1.29, 1.82) is 0 Å². The molecule has 132 valence electrons. The van der Waals surface area contributed by atoms with E-state index in [1.165, 1.54) is 16.7 Å². The molecule has 1 aromatic heterocycles. The zero-order valence-corrected chi connectivity index (χ0v) is 15.7. The zero-order valence-electron chi connectivity index (χ0n) is 14.1. The molecule has 0 aromatic carbocycles. The van der Waals surface area contributed by atoms with E-state index in [1.807, 2.05) is 32.2 Å². The predicted octanol–water partition coefficient (Wildman–Crippen LogP) is 3.44. The lowest BCUT2D eigenvalue weighted by molar-refractivity contribution is 0.0107. The highest BCUT2D eigenvalue weighted by Gasteiger charge is 2.48. The Morgan fingerprint density at radius 1 is 1.54 bits per heavy atom. The van der Waals surface area contributed by atoms with Crippen molar-refractivity contribution >= 4 is 40.0 Å². The highest BCUT2D eigenvalue weighted by atomic mass is 32.2. The van der Waals surface area contributed by atoms with Gasteiger partial charge >= 0.3 is 6.09 Å². The second-order valence-corrected chi connectivity index (χ2v) is 9.08. The van der Waals surface area contributed by atoms with Crippen LogP contribution in [0.4, 0.5) is 10.5 Å². The second-order valence-electron chi connectivity index (χ2n) is 7.18. The minimum absolute atomic E-state index is 0.230. The highest BCUT2D eigenvalue weighted by molar-refractivity contribution is 8.13. The molecule has 8 heteroatoms. The van der Waals surface area contributed by atoms with Crippen molar-refractivity contribution in [1.82, 2.24) is 4.90 Å². The zero-order chi connectivity index (χ0) is 17.5. The van der Waals surface area contributed by atoms with Crippen LogP contribution < -0.4 is 5.73 Å². The summed E-state index contributed by atoms with van der Waals surface area (Å²) < 4.78 is 5.66. The Morgan fingerprint density at radius 3 is 2.88 bits per heavy atom. The number of hydrogen-bond acceptors (Lipinski definition) is 6. The molecule has 2 atom stereocenters. The number of amides is 1. The number of hydrogen-bond donors (Lipinski definition) is 2. The number of thiophene rings is 1. The number of carbonyl (C=O) groups is 1. The molecule has 0 radical (unpaired) electrons. The molecule has 0 saturated carbocycles. The molecule has 0 unspecified atom stereocenters. The highest BCUT2D eigenvalue weighted by Crippen LogP contribution is 2.48. The normalized spacial score (nSPS) is 27.3. The minimum atomic E-state index is -0.972. The number of fused-ring (bicyclic) bond motifs is 1. The summed E-state index contributed by atoms with van der Waals surface area (Å²) in [6.07, 6.45) is -0.223. The third-order valence-electron chi connectivity index (χ3n) is 4.43. The summed E-state index contributed by atoms with van der Waals surface area (Å²) in [5.74, 6) is 1.02. The summed E-state index contributed by atoms with van der Waals surface area (Å²) in [4.78, 5) is 19.3. The van der Waals surface area contributed by atoms with Gasteiger partial charge in [0.2, 0.25) is 0 Å². The minimum Gasteiger partial charge on any atom is -0.465 e. The van der Waals surface area contributed by atoms with E-state index in [-0.39, 0.29) is 5.92 Å². The predicted molar refractivity (Wildman–Crippen MR) is 98.8 cm³/mol. The van der Waals surface area contributed by atoms with E-state index >= 15 is 0 Å². The van der Waals surface area contributed by atoms with Crippen molar-refractivity contribution in [2.24, 2.45) is 10.9 Å². The Morgan fingerprint density at radius 2 is 2.29 bits per heavy atom. The van der Waals surface area contributed by atoms with Gasteiger partial charge in [-0.2, -0.15) is 0 Å². The molecule has 2 aliphatic heterocycles. The maximum absolute atomic E-state index is 11.8.